The van der Waals surface area contributed by atoms with Crippen molar-refractivity contribution in [1.82, 2.24) is 5.43 Å². The number of amides is 1. The van der Waals surface area contributed by atoms with Crippen LogP contribution in [0, 0.1) is 6.92 Å². The van der Waals surface area contributed by atoms with E-state index in [1.807, 2.05) is 43.3 Å². The third-order valence-corrected chi connectivity index (χ3v) is 8.30. The number of hydrogen-bond acceptors (Lipinski definition) is 7. The molecule has 1 N–H and O–H groups in total. The molecule has 0 aliphatic rings. The zero-order valence-corrected chi connectivity index (χ0v) is 24.9. The Labute approximate surface area is 243 Å². The predicted molar refractivity (Wildman–Crippen MR) is 159 cm³/mol. The fraction of sp³-hybridized carbons (Fsp3) is 0.207. The second-order valence-electron chi connectivity index (χ2n) is 8.92. The van der Waals surface area contributed by atoms with Crippen molar-refractivity contribution < 1.29 is 23.8 Å². The minimum atomic E-state index is -0.574. The van der Waals surface area contributed by atoms with Gasteiger partial charge in [0.05, 0.1) is 18.3 Å². The first-order valence-electron chi connectivity index (χ1n) is 12.0. The number of carbonyl (C=O) groups is 2. The number of ether oxygens (including phenoxy) is 3. The molecule has 0 unspecified atom stereocenters. The number of methoxy groups -OCH3 is 1. The van der Waals surface area contributed by atoms with Gasteiger partial charge in [-0.25, -0.2) is 10.2 Å². The first-order valence-corrected chi connectivity index (χ1v) is 14.0. The summed E-state index contributed by atoms with van der Waals surface area (Å²) >= 11 is 11.2. The zero-order valence-electron chi connectivity index (χ0n) is 21.7. The second kappa shape index (κ2) is 12.6. The third kappa shape index (κ3) is 6.79. The molecule has 0 aliphatic heterocycles. The molecule has 202 valence electrons. The number of carbonyl (C=O) groups excluding carboxylic acids is 2. The molecule has 1 amide bonds. The van der Waals surface area contributed by atoms with Gasteiger partial charge < -0.3 is 14.2 Å². The highest BCUT2D eigenvalue weighted by Crippen LogP contribution is 2.37. The molecule has 0 saturated carbocycles. The number of nitrogens with one attached hydrogen (secondary N) is 1. The van der Waals surface area contributed by atoms with Crippen molar-refractivity contribution in [3.63, 3.8) is 0 Å². The Hall–Kier alpha value is -3.40. The van der Waals surface area contributed by atoms with E-state index in [0.717, 1.165) is 25.7 Å². The Balaban J connectivity index is 1.38. The molecule has 0 spiro atoms. The Morgan fingerprint density at radius 2 is 1.87 bits per heavy atom. The normalized spacial score (nSPS) is 11.3. The standard InChI is InChI=1S/C29H26BrClN2O5S/c1-16(2)20-13-21(30)17(3)11-23(20)37-15-26(34)33-32-14-18-9-10-22(24(12-18)36-4)38-29(35)28-27(31)19-7-5-6-8-25(19)39-28/h5-14,16H,15H2,1-4H3,(H,33,34)/b32-14+. The number of halogens is 2. The Morgan fingerprint density at radius 3 is 2.59 bits per heavy atom. The number of rotatable bonds is 9. The van der Waals surface area contributed by atoms with E-state index in [2.05, 4.69) is 40.3 Å². The highest BCUT2D eigenvalue weighted by molar-refractivity contribution is 9.10. The summed E-state index contributed by atoms with van der Waals surface area (Å²) in [6.45, 7) is 5.91. The van der Waals surface area contributed by atoms with Crippen molar-refractivity contribution in [3.8, 4) is 17.2 Å². The molecule has 7 nitrogen and oxygen atoms in total. The van der Waals surface area contributed by atoms with Gasteiger partial charge in [0.25, 0.3) is 5.91 Å². The van der Waals surface area contributed by atoms with E-state index in [4.69, 9.17) is 25.8 Å². The lowest BCUT2D eigenvalue weighted by Crippen LogP contribution is -2.25. The molecule has 1 aromatic heterocycles. The molecule has 0 atom stereocenters. The largest absolute Gasteiger partial charge is 0.493 e. The van der Waals surface area contributed by atoms with E-state index >= 15 is 0 Å². The molecule has 0 radical (unpaired) electrons. The fourth-order valence-electron chi connectivity index (χ4n) is 3.74. The monoisotopic (exact) mass is 628 g/mol. The van der Waals surface area contributed by atoms with Gasteiger partial charge in [-0.15, -0.1) is 11.3 Å². The topological polar surface area (TPSA) is 86.2 Å². The van der Waals surface area contributed by atoms with E-state index in [1.54, 1.807) is 18.2 Å². The maximum absolute atomic E-state index is 12.8. The van der Waals surface area contributed by atoms with Crippen LogP contribution < -0.4 is 19.6 Å². The van der Waals surface area contributed by atoms with Gasteiger partial charge in [-0.1, -0.05) is 59.6 Å². The van der Waals surface area contributed by atoms with E-state index in [-0.39, 0.29) is 18.3 Å². The fourth-order valence-corrected chi connectivity index (χ4v) is 5.49. The van der Waals surface area contributed by atoms with Crippen LogP contribution in [0.25, 0.3) is 10.1 Å². The number of aryl methyl sites for hydroxylation is 1. The van der Waals surface area contributed by atoms with Crippen molar-refractivity contribution in [3.05, 3.63) is 85.7 Å². The highest BCUT2D eigenvalue weighted by atomic mass is 79.9. The third-order valence-electron chi connectivity index (χ3n) is 5.79. The molecule has 0 bridgehead atoms. The molecule has 4 aromatic rings. The molecule has 0 saturated heterocycles. The Kier molecular flexibility index (Phi) is 9.27. The van der Waals surface area contributed by atoms with Crippen LogP contribution in [-0.2, 0) is 4.79 Å². The van der Waals surface area contributed by atoms with Crippen LogP contribution >= 0.6 is 38.9 Å². The van der Waals surface area contributed by atoms with Crippen LogP contribution in [0.4, 0.5) is 0 Å². The lowest BCUT2D eigenvalue weighted by Gasteiger charge is -2.15. The molecule has 10 heteroatoms. The van der Waals surface area contributed by atoms with Crippen LogP contribution in [0.5, 0.6) is 17.2 Å². The van der Waals surface area contributed by atoms with Gasteiger partial charge in [0.1, 0.15) is 10.6 Å². The summed E-state index contributed by atoms with van der Waals surface area (Å²) in [6, 6.07) is 16.3. The maximum Gasteiger partial charge on any atom is 0.355 e. The Morgan fingerprint density at radius 1 is 1.10 bits per heavy atom. The van der Waals surface area contributed by atoms with Crippen LogP contribution in [-0.4, -0.2) is 31.8 Å². The number of fused-ring (bicyclic) bond motifs is 1. The number of esters is 1. The second-order valence-corrected chi connectivity index (χ2v) is 11.2. The maximum atomic E-state index is 12.8. The number of thiophene rings is 1. The highest BCUT2D eigenvalue weighted by Gasteiger charge is 2.20. The summed E-state index contributed by atoms with van der Waals surface area (Å²) in [5.74, 6) is 0.477. The first kappa shape index (κ1) is 28.6. The molecule has 3 aromatic carbocycles. The van der Waals surface area contributed by atoms with E-state index in [0.29, 0.717) is 27.0 Å². The van der Waals surface area contributed by atoms with Gasteiger partial charge in [0, 0.05) is 14.6 Å². The molecular formula is C29H26BrClN2O5S. The summed E-state index contributed by atoms with van der Waals surface area (Å²) in [7, 11) is 1.47. The van der Waals surface area contributed by atoms with Crippen LogP contribution in [0.2, 0.25) is 5.02 Å². The summed E-state index contributed by atoms with van der Waals surface area (Å²) in [6.07, 6.45) is 1.46. The van der Waals surface area contributed by atoms with Crippen LogP contribution in [0.3, 0.4) is 0 Å². The van der Waals surface area contributed by atoms with Gasteiger partial charge in [-0.3, -0.25) is 4.79 Å². The zero-order chi connectivity index (χ0) is 28.1. The van der Waals surface area contributed by atoms with Crippen molar-refractivity contribution in [2.75, 3.05) is 13.7 Å². The Bertz CT molecular complexity index is 1570. The van der Waals surface area contributed by atoms with Gasteiger partial charge in [-0.2, -0.15) is 5.10 Å². The number of benzene rings is 3. The number of hydrogen-bond donors (Lipinski definition) is 1. The van der Waals surface area contributed by atoms with Crippen molar-refractivity contribution in [2.24, 2.45) is 5.10 Å². The first-order chi connectivity index (χ1) is 18.7. The molecule has 1 heterocycles. The van der Waals surface area contributed by atoms with Gasteiger partial charge >= 0.3 is 5.97 Å². The quantitative estimate of drug-likeness (QED) is 0.0897. The van der Waals surface area contributed by atoms with Gasteiger partial charge in [0.2, 0.25) is 0 Å². The van der Waals surface area contributed by atoms with Crippen molar-refractivity contribution in [2.45, 2.75) is 26.7 Å². The molecule has 4 rings (SSSR count). The molecule has 0 fully saturated rings. The predicted octanol–water partition coefficient (Wildman–Crippen LogP) is 7.51. The smallest absolute Gasteiger partial charge is 0.355 e. The van der Waals surface area contributed by atoms with E-state index in [1.165, 1.54) is 24.7 Å². The van der Waals surface area contributed by atoms with Gasteiger partial charge in [0.15, 0.2) is 18.1 Å². The lowest BCUT2D eigenvalue weighted by atomic mass is 10.0. The minimum Gasteiger partial charge on any atom is -0.493 e. The van der Waals surface area contributed by atoms with Crippen LogP contribution in [0.1, 0.15) is 46.1 Å². The summed E-state index contributed by atoms with van der Waals surface area (Å²) < 4.78 is 18.6. The summed E-state index contributed by atoms with van der Waals surface area (Å²) in [5.41, 5.74) is 5.10. The molecule has 0 aliphatic carbocycles. The summed E-state index contributed by atoms with van der Waals surface area (Å²) in [4.78, 5) is 25.5. The summed E-state index contributed by atoms with van der Waals surface area (Å²) in [5, 5.41) is 5.16. The average Bonchev–Trinajstić information content (AvgIpc) is 3.26. The number of nitrogens with zero attached hydrogens (tertiary/aromatic N) is 1. The SMILES string of the molecule is COc1cc(/C=N/NC(=O)COc2cc(C)c(Br)cc2C(C)C)ccc1OC(=O)c1sc2ccccc2c1Cl. The van der Waals surface area contributed by atoms with Gasteiger partial charge in [-0.05, 0) is 65.9 Å². The lowest BCUT2D eigenvalue weighted by molar-refractivity contribution is -0.123. The molecule has 39 heavy (non-hydrogen) atoms. The van der Waals surface area contributed by atoms with Crippen LogP contribution in [0.15, 0.2) is 64.2 Å². The van der Waals surface area contributed by atoms with Crippen molar-refractivity contribution >= 4 is 67.0 Å². The minimum absolute atomic E-state index is 0.184. The average molecular weight is 630 g/mol. The van der Waals surface area contributed by atoms with E-state index in [9.17, 15) is 9.59 Å². The van der Waals surface area contributed by atoms with E-state index < -0.39 is 11.9 Å². The van der Waals surface area contributed by atoms with Crippen molar-refractivity contribution in [1.29, 1.82) is 0 Å². The number of hydrazone groups is 1. The molecular weight excluding hydrogens is 604 g/mol.